The highest BCUT2D eigenvalue weighted by atomic mass is 31.2. The van der Waals surface area contributed by atoms with E-state index in [0.717, 1.165) is 0 Å². The lowest BCUT2D eigenvalue weighted by molar-refractivity contribution is -0.149. The Morgan fingerprint density at radius 1 is 1.44 bits per heavy atom. The lowest BCUT2D eigenvalue weighted by Crippen LogP contribution is -2.41. The number of aliphatic hydroxyl groups excluding tert-OH is 1. The number of methoxy groups -OCH3 is 1. The molecule has 0 radical (unpaired) electrons. The largest absolute Gasteiger partial charge is 0.479 e. The van der Waals surface area contributed by atoms with Crippen molar-refractivity contribution in [1.82, 2.24) is 24.6 Å². The van der Waals surface area contributed by atoms with Crippen molar-refractivity contribution in [3.63, 3.8) is 0 Å². The Morgan fingerprint density at radius 2 is 2.12 bits per heavy atom. The van der Waals surface area contributed by atoms with Crippen LogP contribution in [0.1, 0.15) is 33.9 Å². The van der Waals surface area contributed by atoms with Crippen LogP contribution in [0, 0.1) is 0 Å². The van der Waals surface area contributed by atoms with Gasteiger partial charge in [-0.15, -0.1) is 5.09 Å². The van der Waals surface area contributed by atoms with Crippen LogP contribution < -0.4 is 15.6 Å². The molecule has 0 aromatic carbocycles. The van der Waals surface area contributed by atoms with E-state index in [-0.39, 0.29) is 35.7 Å². The molecule has 2 aromatic heterocycles. The summed E-state index contributed by atoms with van der Waals surface area (Å²) in [6.45, 7) is 7.11. The highest BCUT2D eigenvalue weighted by molar-refractivity contribution is 7.62. The molecule has 0 saturated carbocycles. The fourth-order valence-electron chi connectivity index (χ4n) is 3.57. The van der Waals surface area contributed by atoms with E-state index in [9.17, 15) is 14.8 Å². The molecular formula is C19H31FN6O7P+. The second-order valence-corrected chi connectivity index (χ2v) is 10.8. The molecule has 15 heteroatoms. The van der Waals surface area contributed by atoms with E-state index in [1.165, 1.54) is 38.5 Å². The zero-order chi connectivity index (χ0) is 25.4. The number of alkyl halides is 1. The summed E-state index contributed by atoms with van der Waals surface area (Å²) in [4.78, 5) is 34.8. The number of imidazole rings is 1. The number of nitrogen functional groups attached to an aromatic ring is 1. The Balaban J connectivity index is 1.74. The van der Waals surface area contributed by atoms with Gasteiger partial charge in [0.1, 0.15) is 31.5 Å². The topological polar surface area (TPSA) is 176 Å². The number of carbonyl (C=O) groups is 1. The second kappa shape index (κ2) is 9.80. The highest BCUT2D eigenvalue weighted by Crippen LogP contribution is 2.50. The van der Waals surface area contributed by atoms with E-state index < -0.39 is 44.0 Å². The quantitative estimate of drug-likeness (QED) is 0.278. The van der Waals surface area contributed by atoms with Crippen LogP contribution in [0.25, 0.3) is 11.2 Å². The van der Waals surface area contributed by atoms with Crippen LogP contribution in [0.2, 0.25) is 0 Å². The summed E-state index contributed by atoms with van der Waals surface area (Å²) in [5.41, 5.74) is 3.84. The Bertz CT molecular complexity index is 1040. The zero-order valence-electron chi connectivity index (χ0n) is 19.8. The number of nitrogens with two attached hydrogens (primary N) is 1. The highest BCUT2D eigenvalue weighted by Gasteiger charge is 2.56. The molecule has 1 aliphatic rings. The molecule has 0 aliphatic carbocycles. The average Bonchev–Trinajstić information content (AvgIpc) is 3.23. The van der Waals surface area contributed by atoms with Crippen LogP contribution >= 0.6 is 7.87 Å². The molecule has 0 amide bonds. The molecule has 2 aromatic rings. The normalized spacial score (nSPS) is 27.6. The molecule has 6 atom stereocenters. The Labute approximate surface area is 196 Å². The summed E-state index contributed by atoms with van der Waals surface area (Å²) in [7, 11) is -1.91. The second-order valence-electron chi connectivity index (χ2n) is 8.55. The number of carbonyl (C=O) groups excluding carboxylic acids is 1. The van der Waals surface area contributed by atoms with Crippen molar-refractivity contribution in [2.45, 2.75) is 63.9 Å². The number of fused-ring (bicyclic) bond motifs is 1. The first-order chi connectivity index (χ1) is 15.8. The zero-order valence-corrected chi connectivity index (χ0v) is 20.7. The van der Waals surface area contributed by atoms with E-state index in [1.54, 1.807) is 13.8 Å². The van der Waals surface area contributed by atoms with Gasteiger partial charge in [0.2, 0.25) is 11.8 Å². The lowest BCUT2D eigenvalue weighted by atomic mass is 9.98. The third-order valence-electron chi connectivity index (χ3n) is 5.20. The molecule has 13 nitrogen and oxygen atoms in total. The van der Waals surface area contributed by atoms with E-state index in [4.69, 9.17) is 24.5 Å². The van der Waals surface area contributed by atoms with E-state index >= 15 is 4.39 Å². The third-order valence-corrected chi connectivity index (χ3v) is 6.72. The maximum absolute atomic E-state index is 15.6. The third kappa shape index (κ3) is 5.37. The van der Waals surface area contributed by atoms with Gasteiger partial charge in [-0.3, -0.25) is 9.36 Å². The molecule has 0 bridgehead atoms. The van der Waals surface area contributed by atoms with Crippen LogP contribution in [0.4, 0.5) is 10.3 Å². The standard InChI is InChI=1S/C19H31FN6O7P/c1-9(2)32-16(28)10(3)25-34(6,29)31-7-11-13(27)19(4,20)17(33-11)26-8-22-12-14(26)23-18(21)24-15(12)30-5/h8-11,13,17,25,27,29H,7H2,1-6H3,(H2,21,23,24)/q+1/t10-,11+,13+,17+,19+,34?/m0/s1. The fraction of sp³-hybridized carbons (Fsp3) is 0.684. The molecule has 3 rings (SSSR count). The number of hydrogen-bond acceptors (Lipinski definition) is 12. The number of hydrogen-bond donors (Lipinski definition) is 4. The Kier molecular flexibility index (Phi) is 7.60. The minimum Gasteiger partial charge on any atom is -0.479 e. The molecular weight excluding hydrogens is 474 g/mol. The number of nitrogens with one attached hydrogen (secondary N) is 1. The molecule has 3 heterocycles. The summed E-state index contributed by atoms with van der Waals surface area (Å²) in [5.74, 6) is -0.560. The smallest absolute Gasteiger partial charge is 0.340 e. The Hall–Kier alpha value is -2.22. The van der Waals surface area contributed by atoms with Crippen molar-refractivity contribution < 1.29 is 37.9 Å². The summed E-state index contributed by atoms with van der Waals surface area (Å²) in [6.07, 6.45) is -3.13. The molecule has 1 fully saturated rings. The minimum atomic E-state index is -3.29. The van der Waals surface area contributed by atoms with Gasteiger partial charge in [0.25, 0.3) is 0 Å². The summed E-state index contributed by atoms with van der Waals surface area (Å²) in [6, 6.07) is -0.850. The number of esters is 1. The molecule has 1 saturated heterocycles. The SMILES string of the molecule is COc1nc(N)nc2c1ncn2[C@@H]1O[C@H](CO[P+](C)(O)N[C@@H](C)C(=O)OC(C)C)[C@@H](O)[C@@]1(C)F. The maximum atomic E-state index is 15.6. The van der Waals surface area contributed by atoms with Gasteiger partial charge in [0.15, 0.2) is 23.1 Å². The first-order valence-electron chi connectivity index (χ1n) is 10.6. The lowest BCUT2D eigenvalue weighted by Gasteiger charge is -2.24. The summed E-state index contributed by atoms with van der Waals surface area (Å²) < 4.78 is 38.5. The van der Waals surface area contributed by atoms with Gasteiger partial charge >= 0.3 is 13.8 Å². The van der Waals surface area contributed by atoms with E-state index in [2.05, 4.69) is 20.0 Å². The first-order valence-corrected chi connectivity index (χ1v) is 12.7. The predicted octanol–water partition coefficient (Wildman–Crippen LogP) is 0.735. The van der Waals surface area contributed by atoms with Gasteiger partial charge in [-0.2, -0.15) is 14.5 Å². The van der Waals surface area contributed by atoms with Crippen LogP contribution in [0.5, 0.6) is 5.88 Å². The predicted molar refractivity (Wildman–Crippen MR) is 121 cm³/mol. The van der Waals surface area contributed by atoms with Gasteiger partial charge in [-0.25, -0.2) is 14.3 Å². The number of nitrogens with zero attached hydrogens (tertiary/aromatic N) is 4. The molecule has 5 N–H and O–H groups in total. The van der Waals surface area contributed by atoms with Crippen molar-refractivity contribution in [3.05, 3.63) is 6.33 Å². The molecule has 1 aliphatic heterocycles. The van der Waals surface area contributed by atoms with Gasteiger partial charge in [0, 0.05) is 0 Å². The Morgan fingerprint density at radius 3 is 2.74 bits per heavy atom. The van der Waals surface area contributed by atoms with E-state index in [0.29, 0.717) is 0 Å². The summed E-state index contributed by atoms with van der Waals surface area (Å²) in [5, 5.41) is 13.3. The monoisotopic (exact) mass is 505 g/mol. The van der Waals surface area contributed by atoms with Gasteiger partial charge in [-0.1, -0.05) is 0 Å². The number of halogens is 1. The van der Waals surface area contributed by atoms with Crippen molar-refractivity contribution in [2.24, 2.45) is 0 Å². The number of rotatable bonds is 9. The van der Waals surface area contributed by atoms with Gasteiger partial charge < -0.3 is 25.1 Å². The van der Waals surface area contributed by atoms with Crippen LogP contribution in [-0.2, 0) is 18.8 Å². The fourth-order valence-corrected chi connectivity index (χ4v) is 4.91. The molecule has 1 unspecified atom stereocenters. The number of ether oxygens (including phenoxy) is 3. The van der Waals surface area contributed by atoms with Crippen molar-refractivity contribution in [2.75, 3.05) is 26.1 Å². The van der Waals surface area contributed by atoms with Crippen molar-refractivity contribution >= 4 is 30.9 Å². The van der Waals surface area contributed by atoms with Crippen molar-refractivity contribution in [1.29, 1.82) is 0 Å². The number of anilines is 1. The van der Waals surface area contributed by atoms with Crippen LogP contribution in [-0.4, -0.2) is 85.9 Å². The van der Waals surface area contributed by atoms with Crippen molar-refractivity contribution in [3.8, 4) is 5.88 Å². The number of aromatic nitrogens is 4. The van der Waals surface area contributed by atoms with Crippen LogP contribution in [0.15, 0.2) is 6.33 Å². The average molecular weight is 505 g/mol. The van der Waals surface area contributed by atoms with Gasteiger partial charge in [0.05, 0.1) is 19.5 Å². The molecule has 34 heavy (non-hydrogen) atoms. The van der Waals surface area contributed by atoms with Gasteiger partial charge in [-0.05, 0) is 27.7 Å². The number of aliphatic hydroxyl groups is 1. The first kappa shape index (κ1) is 26.4. The molecule has 0 spiro atoms. The van der Waals surface area contributed by atoms with E-state index in [1.807, 2.05) is 0 Å². The minimum absolute atomic E-state index is 0.109. The summed E-state index contributed by atoms with van der Waals surface area (Å²) >= 11 is 0. The molecule has 190 valence electrons. The van der Waals surface area contributed by atoms with Crippen LogP contribution in [0.3, 0.4) is 0 Å². The maximum Gasteiger partial charge on any atom is 0.340 e.